The maximum absolute atomic E-state index is 13.4. The molecule has 0 spiro atoms. The predicted octanol–water partition coefficient (Wildman–Crippen LogP) is 3.10. The van der Waals surface area contributed by atoms with Gasteiger partial charge in [-0.1, -0.05) is 11.8 Å². The van der Waals surface area contributed by atoms with Crippen molar-refractivity contribution >= 4 is 35.8 Å². The van der Waals surface area contributed by atoms with Crippen LogP contribution < -0.4 is 5.73 Å². The third-order valence-corrected chi connectivity index (χ3v) is 5.13. The topological polar surface area (TPSA) is 74.4 Å². The molecular weight excluding hydrogens is 330 g/mol. The number of carbonyl (C=O) groups excluding carboxylic acids is 1. The van der Waals surface area contributed by atoms with Gasteiger partial charge in [0.25, 0.3) is 0 Å². The second-order valence-corrected chi connectivity index (χ2v) is 7.85. The van der Waals surface area contributed by atoms with Gasteiger partial charge in [0.1, 0.15) is 0 Å². The van der Waals surface area contributed by atoms with Gasteiger partial charge in [-0.15, -0.1) is 0 Å². The predicted molar refractivity (Wildman–Crippen MR) is 95.8 cm³/mol. The van der Waals surface area contributed by atoms with Crippen molar-refractivity contribution in [3.8, 4) is 0 Å². The summed E-state index contributed by atoms with van der Waals surface area (Å²) in [5.41, 5.74) is 6.16. The fourth-order valence-corrected chi connectivity index (χ4v) is 2.70. The molecule has 1 aliphatic heterocycles. The number of hydrogen-bond donors (Lipinski definition) is 1. The lowest BCUT2D eigenvalue weighted by Gasteiger charge is -2.32. The Morgan fingerprint density at radius 1 is 1.33 bits per heavy atom. The van der Waals surface area contributed by atoms with Gasteiger partial charge in [-0.3, -0.25) is 4.79 Å². The van der Waals surface area contributed by atoms with E-state index in [1.165, 1.54) is 19.1 Å². The van der Waals surface area contributed by atoms with Gasteiger partial charge in [-0.05, 0) is 51.4 Å². The van der Waals surface area contributed by atoms with E-state index in [0.717, 1.165) is 11.8 Å². The van der Waals surface area contributed by atoms with Crippen molar-refractivity contribution in [2.75, 3.05) is 11.5 Å². The minimum atomic E-state index is -0.647. The number of aromatic nitrogens is 1. The van der Waals surface area contributed by atoms with Crippen molar-refractivity contribution < 1.29 is 18.5 Å². The van der Waals surface area contributed by atoms with Gasteiger partial charge in [-0.25, -0.2) is 4.98 Å². The maximum Gasteiger partial charge on any atom is 0.491 e. The molecule has 1 fully saturated rings. The molecule has 0 aromatic carbocycles. The number of hydrogen-bond acceptors (Lipinski definition) is 6. The molecule has 0 aliphatic carbocycles. The van der Waals surface area contributed by atoms with Crippen LogP contribution in [0.2, 0.25) is 0 Å². The number of rotatable bonds is 4. The van der Waals surface area contributed by atoms with Gasteiger partial charge in [0.15, 0.2) is 5.12 Å². The van der Waals surface area contributed by atoms with Crippen LogP contribution in [-0.4, -0.2) is 34.2 Å². The summed E-state index contributed by atoms with van der Waals surface area (Å²) in [7, 11) is -0.647. The molecule has 0 radical (unpaired) electrons. The number of halogens is 1. The molecule has 0 bridgehead atoms. The lowest BCUT2D eigenvalue weighted by atomic mass is 9.78. The number of nitrogen functional groups attached to an aromatic ring is 1. The number of nitrogens with two attached hydrogens (primary N) is 1. The molecule has 1 aliphatic rings. The summed E-state index contributed by atoms with van der Waals surface area (Å²) in [6, 6.07) is 2.65. The molecule has 2 heterocycles. The second-order valence-electron chi connectivity index (χ2n) is 6.70. The Kier molecular flexibility index (Phi) is 5.42. The Morgan fingerprint density at radius 3 is 2.46 bits per heavy atom. The molecule has 0 saturated carbocycles. The van der Waals surface area contributed by atoms with Crippen LogP contribution in [0.4, 0.5) is 10.1 Å². The van der Waals surface area contributed by atoms with Crippen molar-refractivity contribution in [3.05, 3.63) is 29.2 Å². The van der Waals surface area contributed by atoms with Crippen molar-refractivity contribution in [2.24, 2.45) is 0 Å². The molecule has 0 atom stereocenters. The summed E-state index contributed by atoms with van der Waals surface area (Å²) in [5.74, 6) is -0.271. The molecule has 24 heavy (non-hydrogen) atoms. The first-order chi connectivity index (χ1) is 11.0. The zero-order chi connectivity index (χ0) is 18.1. The van der Waals surface area contributed by atoms with E-state index in [1.54, 1.807) is 6.08 Å². The average molecular weight is 352 g/mol. The fourth-order valence-electron chi connectivity index (χ4n) is 2.11. The van der Waals surface area contributed by atoms with Crippen molar-refractivity contribution in [2.45, 2.75) is 45.8 Å². The molecule has 0 unspecified atom stereocenters. The summed E-state index contributed by atoms with van der Waals surface area (Å²) < 4.78 is 25.5. The number of nitrogens with zero attached hydrogens (tertiary/aromatic N) is 1. The first-order valence-electron chi connectivity index (χ1n) is 7.63. The van der Waals surface area contributed by atoms with Crippen LogP contribution in [0.3, 0.4) is 0 Å². The quantitative estimate of drug-likeness (QED) is 0.663. The van der Waals surface area contributed by atoms with Gasteiger partial charge < -0.3 is 15.0 Å². The summed E-state index contributed by atoms with van der Waals surface area (Å²) >= 11 is 1.13. The summed E-state index contributed by atoms with van der Waals surface area (Å²) in [5, 5.41) is -0.0300. The van der Waals surface area contributed by atoms with Gasteiger partial charge in [0.2, 0.25) is 5.95 Å². The van der Waals surface area contributed by atoms with Crippen LogP contribution in [0.1, 0.15) is 40.3 Å². The van der Waals surface area contributed by atoms with E-state index in [4.69, 9.17) is 15.0 Å². The third kappa shape index (κ3) is 4.17. The van der Waals surface area contributed by atoms with Crippen molar-refractivity contribution in [1.29, 1.82) is 0 Å². The molecule has 1 aromatic heterocycles. The Labute approximate surface area is 146 Å². The van der Waals surface area contributed by atoms with E-state index in [9.17, 15) is 9.18 Å². The Hall–Kier alpha value is -1.38. The van der Waals surface area contributed by atoms with E-state index in [0.29, 0.717) is 22.6 Å². The Balaban J connectivity index is 2.37. The van der Waals surface area contributed by atoms with E-state index < -0.39 is 24.3 Å². The molecule has 1 aromatic rings. The Morgan fingerprint density at radius 2 is 1.92 bits per heavy atom. The zero-order valence-electron chi connectivity index (χ0n) is 14.6. The number of thioether (sulfide) groups is 1. The lowest BCUT2D eigenvalue weighted by Crippen LogP contribution is -2.41. The van der Waals surface area contributed by atoms with Crippen molar-refractivity contribution in [3.63, 3.8) is 0 Å². The Bertz CT molecular complexity index is 663. The van der Waals surface area contributed by atoms with E-state index in [-0.39, 0.29) is 5.12 Å². The average Bonchev–Trinajstić information content (AvgIpc) is 2.66. The van der Waals surface area contributed by atoms with Crippen molar-refractivity contribution in [1.82, 2.24) is 4.98 Å². The van der Waals surface area contributed by atoms with Crippen LogP contribution in [0.25, 0.3) is 6.08 Å². The number of carbonyl (C=O) groups is 1. The van der Waals surface area contributed by atoms with Gasteiger partial charge in [0, 0.05) is 12.7 Å². The van der Waals surface area contributed by atoms with Crippen LogP contribution >= 0.6 is 11.8 Å². The first kappa shape index (κ1) is 19.0. The first-order valence-corrected chi connectivity index (χ1v) is 8.62. The highest BCUT2D eigenvalue weighted by Crippen LogP contribution is 2.39. The van der Waals surface area contributed by atoms with E-state index >= 15 is 0 Å². The molecule has 0 amide bonds. The number of pyridine rings is 1. The van der Waals surface area contributed by atoms with E-state index in [1.807, 2.05) is 27.7 Å². The summed E-state index contributed by atoms with van der Waals surface area (Å²) in [6.07, 6.45) is 1.64. The molecule has 5 nitrogen and oxygen atoms in total. The molecular formula is C16H22BFN2O3S. The van der Waals surface area contributed by atoms with E-state index in [2.05, 4.69) is 4.98 Å². The van der Waals surface area contributed by atoms with Crippen LogP contribution in [0.5, 0.6) is 0 Å². The standard InChI is InChI=1S/C16H22BFN2O3S/c1-10(21)24-9-11(8-13-12(19)6-7-14(18)20-13)17-22-15(2,3)16(4,5)23-17/h6-8H,9,19H2,1-5H3. The largest absolute Gasteiger partial charge is 0.491 e. The lowest BCUT2D eigenvalue weighted by molar-refractivity contribution is -0.109. The van der Waals surface area contributed by atoms with Gasteiger partial charge >= 0.3 is 7.12 Å². The molecule has 8 heteroatoms. The van der Waals surface area contributed by atoms with Gasteiger partial charge in [0.05, 0.1) is 22.6 Å². The maximum atomic E-state index is 13.4. The van der Waals surface area contributed by atoms with Gasteiger partial charge in [-0.2, -0.15) is 4.39 Å². The highest BCUT2D eigenvalue weighted by molar-refractivity contribution is 8.13. The number of anilines is 1. The highest BCUT2D eigenvalue weighted by Gasteiger charge is 2.52. The molecule has 2 rings (SSSR count). The summed E-state index contributed by atoms with van der Waals surface area (Å²) in [4.78, 5) is 15.2. The minimum absolute atomic E-state index is 0.0300. The smallest absolute Gasteiger partial charge is 0.400 e. The molecule has 1 saturated heterocycles. The summed E-state index contributed by atoms with van der Waals surface area (Å²) in [6.45, 7) is 9.26. The van der Waals surface area contributed by atoms with Crippen LogP contribution in [0.15, 0.2) is 17.6 Å². The second kappa shape index (κ2) is 6.86. The highest BCUT2D eigenvalue weighted by atomic mass is 32.2. The molecule has 130 valence electrons. The SMILES string of the molecule is CC(=O)SCC(=Cc1nc(F)ccc1N)B1OC(C)(C)C(C)(C)O1. The van der Waals surface area contributed by atoms with Crippen LogP contribution in [-0.2, 0) is 14.1 Å². The monoisotopic (exact) mass is 352 g/mol. The van der Waals surface area contributed by atoms with Crippen LogP contribution in [0, 0.1) is 5.95 Å². The third-order valence-electron chi connectivity index (χ3n) is 4.24. The normalized spacial score (nSPS) is 19.6. The minimum Gasteiger partial charge on any atom is -0.400 e. The fraction of sp³-hybridized carbons (Fsp3) is 0.500. The zero-order valence-corrected chi connectivity index (χ0v) is 15.4. The molecule has 2 N–H and O–H groups in total.